The molecule has 4 rings (SSSR count). The smallest absolute Gasteiger partial charge is 0.434 e. The molecule has 206 valence electrons. The van der Waals surface area contributed by atoms with Gasteiger partial charge in [-0.25, -0.2) is 14.4 Å². The largest absolute Gasteiger partial charge is 0.490 e. The minimum atomic E-state index is -4.53. The Bertz CT molecular complexity index is 1390. The SMILES string of the molecule is C=C(OCF)/C(=C(\N=CC)C1CC1)c1ncc(OC)c(OCc2ccc(-c3nc(C(F)(F)F)cn3C)cc2)n1. The summed E-state index contributed by atoms with van der Waals surface area (Å²) in [7, 11) is 2.95. The topological polar surface area (TPSA) is 83.7 Å². The molecule has 1 aliphatic rings. The molecule has 8 nitrogen and oxygen atoms in total. The molecule has 3 aromatic rings. The Morgan fingerprint density at radius 1 is 1.21 bits per heavy atom. The summed E-state index contributed by atoms with van der Waals surface area (Å²) in [6.07, 6.45) is 1.33. The number of methoxy groups -OCH3 is 1. The maximum atomic E-state index is 13.0. The Morgan fingerprint density at radius 3 is 2.49 bits per heavy atom. The third-order valence-corrected chi connectivity index (χ3v) is 5.92. The molecule has 0 aliphatic heterocycles. The van der Waals surface area contributed by atoms with Gasteiger partial charge in [0.2, 0.25) is 6.86 Å². The van der Waals surface area contributed by atoms with Crippen molar-refractivity contribution in [2.24, 2.45) is 18.0 Å². The fourth-order valence-corrected chi connectivity index (χ4v) is 3.88. The molecule has 0 N–H and O–H groups in total. The predicted molar refractivity (Wildman–Crippen MR) is 137 cm³/mol. The molecule has 0 spiro atoms. The number of alkyl halides is 4. The zero-order valence-corrected chi connectivity index (χ0v) is 21.6. The Labute approximate surface area is 222 Å². The number of benzene rings is 1. The molecule has 0 radical (unpaired) electrons. The van der Waals surface area contributed by atoms with E-state index in [1.807, 2.05) is 0 Å². The highest BCUT2D eigenvalue weighted by Gasteiger charge is 2.34. The fourth-order valence-electron chi connectivity index (χ4n) is 3.88. The van der Waals surface area contributed by atoms with Crippen molar-refractivity contribution in [1.82, 2.24) is 19.5 Å². The van der Waals surface area contributed by atoms with E-state index in [9.17, 15) is 17.6 Å². The molecule has 0 bridgehead atoms. The highest BCUT2D eigenvalue weighted by atomic mass is 19.4. The van der Waals surface area contributed by atoms with Gasteiger partial charge in [0.15, 0.2) is 17.3 Å². The third-order valence-electron chi connectivity index (χ3n) is 5.92. The van der Waals surface area contributed by atoms with Crippen LogP contribution in [0.3, 0.4) is 0 Å². The van der Waals surface area contributed by atoms with Gasteiger partial charge in [-0.15, -0.1) is 0 Å². The second-order valence-corrected chi connectivity index (χ2v) is 8.71. The lowest BCUT2D eigenvalue weighted by Crippen LogP contribution is -2.07. The first kappa shape index (κ1) is 27.8. The normalized spacial score (nSPS) is 14.3. The summed E-state index contributed by atoms with van der Waals surface area (Å²) in [5.41, 5.74) is 1.33. The molecule has 2 aromatic heterocycles. The average Bonchev–Trinajstić information content (AvgIpc) is 3.67. The van der Waals surface area contributed by atoms with Gasteiger partial charge in [-0.2, -0.15) is 18.2 Å². The zero-order valence-electron chi connectivity index (χ0n) is 21.6. The number of nitrogens with zero attached hydrogens (tertiary/aromatic N) is 5. The lowest BCUT2D eigenvalue weighted by atomic mass is 10.1. The molecule has 39 heavy (non-hydrogen) atoms. The zero-order chi connectivity index (χ0) is 28.2. The Balaban J connectivity index is 1.59. The van der Waals surface area contributed by atoms with Gasteiger partial charge in [0.1, 0.15) is 18.2 Å². The third kappa shape index (κ3) is 6.44. The van der Waals surface area contributed by atoms with Crippen LogP contribution in [0.2, 0.25) is 0 Å². The first-order valence-corrected chi connectivity index (χ1v) is 12.0. The number of aromatic nitrogens is 4. The Hall–Kier alpha value is -4.22. The van der Waals surface area contributed by atoms with Crippen molar-refractivity contribution >= 4 is 11.8 Å². The first-order valence-electron chi connectivity index (χ1n) is 12.0. The molecule has 0 atom stereocenters. The maximum Gasteiger partial charge on any atom is 0.434 e. The number of halogens is 4. The standard InChI is InChI=1S/C27H27F4N5O3/c1-5-32-23(18-10-11-18)22(16(2)39-15-28)24-33-12-20(37-4)26(35-24)38-14-17-6-8-19(9-7-17)25-34-21(13-36(25)3)27(29,30)31/h5-9,12-13,18H,2,10-11,14-15H2,1,3-4H3/b23-22+,32-5?. The monoisotopic (exact) mass is 545 g/mol. The van der Waals surface area contributed by atoms with Crippen molar-refractivity contribution in [2.75, 3.05) is 14.0 Å². The van der Waals surface area contributed by atoms with E-state index in [4.69, 9.17) is 14.2 Å². The van der Waals surface area contributed by atoms with Crippen molar-refractivity contribution < 1.29 is 31.8 Å². The summed E-state index contributed by atoms with van der Waals surface area (Å²) in [6, 6.07) is 6.76. The van der Waals surface area contributed by atoms with E-state index in [1.54, 1.807) is 37.4 Å². The van der Waals surface area contributed by atoms with Crippen LogP contribution in [-0.4, -0.2) is 39.7 Å². The summed E-state index contributed by atoms with van der Waals surface area (Å²) >= 11 is 0. The van der Waals surface area contributed by atoms with E-state index in [-0.39, 0.29) is 41.6 Å². The first-order chi connectivity index (χ1) is 18.7. The number of hydrogen-bond acceptors (Lipinski definition) is 7. The van der Waals surface area contributed by atoms with Crippen molar-refractivity contribution in [3.63, 3.8) is 0 Å². The fraction of sp³-hybridized carbons (Fsp3) is 0.333. The molecule has 0 unspecified atom stereocenters. The molecule has 1 aliphatic carbocycles. The number of rotatable bonds is 11. The number of aliphatic imine (C=N–C) groups is 1. The summed E-state index contributed by atoms with van der Waals surface area (Å²) in [5.74, 6) is 1.00. The van der Waals surface area contributed by atoms with Crippen LogP contribution in [0.4, 0.5) is 17.6 Å². The number of imidazole rings is 1. The second kappa shape index (κ2) is 11.7. The van der Waals surface area contributed by atoms with Gasteiger partial charge in [-0.3, -0.25) is 4.99 Å². The van der Waals surface area contributed by atoms with Crippen LogP contribution in [0.15, 0.2) is 59.7 Å². The van der Waals surface area contributed by atoms with Crippen LogP contribution >= 0.6 is 0 Å². The molecule has 1 saturated carbocycles. The van der Waals surface area contributed by atoms with Gasteiger partial charge >= 0.3 is 6.18 Å². The van der Waals surface area contributed by atoms with E-state index in [2.05, 4.69) is 26.5 Å². The predicted octanol–water partition coefficient (Wildman–Crippen LogP) is 6.15. The van der Waals surface area contributed by atoms with Crippen molar-refractivity contribution in [1.29, 1.82) is 0 Å². The highest BCUT2D eigenvalue weighted by molar-refractivity contribution is 5.78. The lowest BCUT2D eigenvalue weighted by Gasteiger charge is -2.15. The van der Waals surface area contributed by atoms with E-state index >= 15 is 0 Å². The molecule has 1 fully saturated rings. The van der Waals surface area contributed by atoms with Crippen LogP contribution in [0.25, 0.3) is 17.0 Å². The molecular weight excluding hydrogens is 518 g/mol. The second-order valence-electron chi connectivity index (χ2n) is 8.71. The van der Waals surface area contributed by atoms with Crippen LogP contribution in [0.5, 0.6) is 11.6 Å². The minimum Gasteiger partial charge on any atom is -0.490 e. The maximum absolute atomic E-state index is 13.0. The average molecular weight is 546 g/mol. The molecule has 0 saturated heterocycles. The van der Waals surface area contributed by atoms with E-state index < -0.39 is 18.7 Å². The van der Waals surface area contributed by atoms with E-state index in [0.717, 1.165) is 24.6 Å². The van der Waals surface area contributed by atoms with Crippen molar-refractivity contribution in [2.45, 2.75) is 32.5 Å². The van der Waals surface area contributed by atoms with Crippen LogP contribution in [0, 0.1) is 5.92 Å². The van der Waals surface area contributed by atoms with Crippen molar-refractivity contribution in [3.05, 3.63) is 71.8 Å². The summed E-state index contributed by atoms with van der Waals surface area (Å²) in [4.78, 5) is 17.0. The van der Waals surface area contributed by atoms with Crippen LogP contribution in [-0.2, 0) is 24.6 Å². The number of aryl methyl sites for hydroxylation is 1. The van der Waals surface area contributed by atoms with E-state index in [0.29, 0.717) is 16.8 Å². The summed E-state index contributed by atoms with van der Waals surface area (Å²) in [6.45, 7) is 4.62. The Morgan fingerprint density at radius 2 is 1.92 bits per heavy atom. The Kier molecular flexibility index (Phi) is 8.32. The lowest BCUT2D eigenvalue weighted by molar-refractivity contribution is -0.140. The molecule has 2 heterocycles. The van der Waals surface area contributed by atoms with Gasteiger partial charge in [0.05, 0.1) is 24.6 Å². The van der Waals surface area contributed by atoms with Gasteiger partial charge in [0.25, 0.3) is 5.88 Å². The highest BCUT2D eigenvalue weighted by Crippen LogP contribution is 2.43. The summed E-state index contributed by atoms with van der Waals surface area (Å²) < 4.78 is 69.7. The summed E-state index contributed by atoms with van der Waals surface area (Å²) in [5, 5.41) is 0. The van der Waals surface area contributed by atoms with Crippen LogP contribution in [0.1, 0.15) is 36.8 Å². The molecule has 0 amide bonds. The van der Waals surface area contributed by atoms with Crippen LogP contribution < -0.4 is 9.47 Å². The molecule has 1 aromatic carbocycles. The minimum absolute atomic E-state index is 0.0553. The molecule has 12 heteroatoms. The van der Waals surface area contributed by atoms with Gasteiger partial charge in [-0.05, 0) is 25.3 Å². The van der Waals surface area contributed by atoms with Crippen molar-refractivity contribution in [3.8, 4) is 23.0 Å². The van der Waals surface area contributed by atoms with E-state index in [1.165, 1.54) is 24.9 Å². The van der Waals surface area contributed by atoms with Gasteiger partial charge < -0.3 is 18.8 Å². The quantitative estimate of drug-likeness (QED) is 0.124. The number of allylic oxidation sites excluding steroid dienone is 2. The van der Waals surface area contributed by atoms with Gasteiger partial charge in [-0.1, -0.05) is 30.8 Å². The van der Waals surface area contributed by atoms with Gasteiger partial charge in [0, 0.05) is 30.9 Å². The number of ether oxygens (including phenoxy) is 3. The molecular formula is C27H27F4N5O3. The number of hydrogen-bond donors (Lipinski definition) is 0.